The van der Waals surface area contributed by atoms with Crippen molar-refractivity contribution in [2.45, 2.75) is 30.8 Å². The zero-order valence-corrected chi connectivity index (χ0v) is 17.0. The number of nitrogens with zero attached hydrogens (tertiary/aromatic N) is 1. The standard InChI is InChI=1S/C21H23NO6S/c1-27-20(23)17-7-5-16(6-8-17)15-28-21(24)18-9-11-19(12-10-18)29(25,26)22-13-3-2-4-14-22/h5-12H,2-4,13-15H2,1H3. The predicted octanol–water partition coefficient (Wildman–Crippen LogP) is 3.00. The van der Waals surface area contributed by atoms with Crippen LogP contribution in [0.5, 0.6) is 0 Å². The molecule has 7 nitrogen and oxygen atoms in total. The van der Waals surface area contributed by atoms with Gasteiger partial charge in [-0.1, -0.05) is 18.6 Å². The molecule has 1 aliphatic rings. The van der Waals surface area contributed by atoms with E-state index in [1.165, 1.54) is 35.7 Å². The SMILES string of the molecule is COC(=O)c1ccc(COC(=O)c2ccc(S(=O)(=O)N3CCCCC3)cc2)cc1. The van der Waals surface area contributed by atoms with E-state index in [9.17, 15) is 18.0 Å². The Kier molecular flexibility index (Phi) is 6.66. The number of carbonyl (C=O) groups is 2. The predicted molar refractivity (Wildman–Crippen MR) is 106 cm³/mol. The molecule has 154 valence electrons. The van der Waals surface area contributed by atoms with Gasteiger partial charge >= 0.3 is 11.9 Å². The fourth-order valence-electron chi connectivity index (χ4n) is 3.10. The van der Waals surface area contributed by atoms with Gasteiger partial charge in [0.15, 0.2) is 0 Å². The first-order valence-electron chi connectivity index (χ1n) is 9.36. The van der Waals surface area contributed by atoms with Gasteiger partial charge in [-0.2, -0.15) is 4.31 Å². The first-order chi connectivity index (χ1) is 13.9. The molecular formula is C21H23NO6S. The van der Waals surface area contributed by atoms with Gasteiger partial charge in [0, 0.05) is 13.1 Å². The van der Waals surface area contributed by atoms with Gasteiger partial charge < -0.3 is 9.47 Å². The van der Waals surface area contributed by atoms with Crippen molar-refractivity contribution in [3.63, 3.8) is 0 Å². The van der Waals surface area contributed by atoms with E-state index in [0.717, 1.165) is 24.8 Å². The molecule has 1 saturated heterocycles. The van der Waals surface area contributed by atoms with Crippen molar-refractivity contribution < 1.29 is 27.5 Å². The summed E-state index contributed by atoms with van der Waals surface area (Å²) in [6, 6.07) is 12.3. The minimum atomic E-state index is -3.53. The van der Waals surface area contributed by atoms with Gasteiger partial charge in [0.2, 0.25) is 10.0 Å². The number of hydrogen-bond donors (Lipinski definition) is 0. The molecule has 0 radical (unpaired) electrons. The lowest BCUT2D eigenvalue weighted by molar-refractivity contribution is 0.0471. The van der Waals surface area contributed by atoms with Gasteiger partial charge in [-0.3, -0.25) is 0 Å². The summed E-state index contributed by atoms with van der Waals surface area (Å²) in [7, 11) is -2.22. The normalized spacial score (nSPS) is 14.9. The highest BCUT2D eigenvalue weighted by Crippen LogP contribution is 2.21. The van der Waals surface area contributed by atoms with Crippen LogP contribution in [0, 0.1) is 0 Å². The molecule has 0 bridgehead atoms. The minimum Gasteiger partial charge on any atom is -0.465 e. The second-order valence-electron chi connectivity index (χ2n) is 6.75. The molecule has 0 aliphatic carbocycles. The minimum absolute atomic E-state index is 0.0358. The van der Waals surface area contributed by atoms with Crippen LogP contribution in [-0.4, -0.2) is 44.9 Å². The third kappa shape index (κ3) is 5.02. The van der Waals surface area contributed by atoms with E-state index in [1.54, 1.807) is 24.3 Å². The van der Waals surface area contributed by atoms with E-state index in [1.807, 2.05) is 0 Å². The highest BCUT2D eigenvalue weighted by Gasteiger charge is 2.26. The van der Waals surface area contributed by atoms with Crippen molar-refractivity contribution in [3.8, 4) is 0 Å². The number of hydrogen-bond acceptors (Lipinski definition) is 6. The number of piperidine rings is 1. The van der Waals surface area contributed by atoms with Crippen LogP contribution in [0.2, 0.25) is 0 Å². The van der Waals surface area contributed by atoms with Gasteiger partial charge in [0.05, 0.1) is 23.1 Å². The monoisotopic (exact) mass is 417 g/mol. The Morgan fingerprint density at radius 3 is 2.00 bits per heavy atom. The van der Waals surface area contributed by atoms with Crippen LogP contribution < -0.4 is 0 Å². The lowest BCUT2D eigenvalue weighted by Crippen LogP contribution is -2.35. The smallest absolute Gasteiger partial charge is 0.338 e. The third-order valence-electron chi connectivity index (χ3n) is 4.79. The molecule has 0 N–H and O–H groups in total. The number of ether oxygens (including phenoxy) is 2. The largest absolute Gasteiger partial charge is 0.465 e. The first-order valence-corrected chi connectivity index (χ1v) is 10.8. The van der Waals surface area contributed by atoms with E-state index in [4.69, 9.17) is 4.74 Å². The molecule has 3 rings (SSSR count). The Morgan fingerprint density at radius 2 is 1.41 bits per heavy atom. The molecule has 0 saturated carbocycles. The molecule has 0 amide bonds. The maximum atomic E-state index is 12.7. The van der Waals surface area contributed by atoms with Gasteiger partial charge in [-0.05, 0) is 54.8 Å². The molecule has 2 aromatic carbocycles. The van der Waals surface area contributed by atoms with Crippen molar-refractivity contribution in [2.24, 2.45) is 0 Å². The summed E-state index contributed by atoms with van der Waals surface area (Å²) in [5, 5.41) is 0. The summed E-state index contributed by atoms with van der Waals surface area (Å²) in [6.07, 6.45) is 2.77. The van der Waals surface area contributed by atoms with E-state index >= 15 is 0 Å². The van der Waals surface area contributed by atoms with Gasteiger partial charge in [0.1, 0.15) is 6.61 Å². The van der Waals surface area contributed by atoms with E-state index in [-0.39, 0.29) is 17.1 Å². The van der Waals surface area contributed by atoms with Crippen molar-refractivity contribution in [1.29, 1.82) is 0 Å². The molecule has 29 heavy (non-hydrogen) atoms. The number of rotatable bonds is 6. The molecule has 0 aromatic heterocycles. The van der Waals surface area contributed by atoms with E-state index in [2.05, 4.69) is 4.74 Å². The summed E-state index contributed by atoms with van der Waals surface area (Å²) in [6.45, 7) is 1.09. The molecule has 1 fully saturated rings. The lowest BCUT2D eigenvalue weighted by atomic mass is 10.1. The summed E-state index contributed by atoms with van der Waals surface area (Å²) >= 11 is 0. The highest BCUT2D eigenvalue weighted by molar-refractivity contribution is 7.89. The molecule has 8 heteroatoms. The van der Waals surface area contributed by atoms with Crippen LogP contribution in [0.4, 0.5) is 0 Å². The van der Waals surface area contributed by atoms with Gasteiger partial charge in [-0.15, -0.1) is 0 Å². The van der Waals surface area contributed by atoms with Crippen LogP contribution >= 0.6 is 0 Å². The first kappa shape index (κ1) is 21.0. The zero-order valence-electron chi connectivity index (χ0n) is 16.2. The van der Waals surface area contributed by atoms with Crippen molar-refractivity contribution >= 4 is 22.0 Å². The van der Waals surface area contributed by atoms with Crippen LogP contribution in [0.3, 0.4) is 0 Å². The second kappa shape index (κ2) is 9.19. The number of carbonyl (C=O) groups excluding carboxylic acids is 2. The number of methoxy groups -OCH3 is 1. The summed E-state index contributed by atoms with van der Waals surface area (Å²) in [5.74, 6) is -0.989. The quantitative estimate of drug-likeness (QED) is 0.671. The van der Waals surface area contributed by atoms with Crippen molar-refractivity contribution in [2.75, 3.05) is 20.2 Å². The fourth-order valence-corrected chi connectivity index (χ4v) is 4.62. The number of esters is 2. The molecule has 2 aromatic rings. The van der Waals surface area contributed by atoms with Crippen molar-refractivity contribution in [1.82, 2.24) is 4.31 Å². The molecule has 1 aliphatic heterocycles. The summed E-state index contributed by atoms with van der Waals surface area (Å²) < 4.78 is 36.7. The average Bonchev–Trinajstić information content (AvgIpc) is 2.78. The Balaban J connectivity index is 1.61. The van der Waals surface area contributed by atoms with Gasteiger partial charge in [-0.25, -0.2) is 18.0 Å². The van der Waals surface area contributed by atoms with E-state index in [0.29, 0.717) is 18.7 Å². The Morgan fingerprint density at radius 1 is 0.862 bits per heavy atom. The van der Waals surface area contributed by atoms with Crippen LogP contribution in [0.25, 0.3) is 0 Å². The third-order valence-corrected chi connectivity index (χ3v) is 6.70. The molecule has 0 atom stereocenters. The maximum absolute atomic E-state index is 12.7. The molecule has 0 spiro atoms. The van der Waals surface area contributed by atoms with Crippen LogP contribution in [0.1, 0.15) is 45.5 Å². The molecule has 0 unspecified atom stereocenters. The Labute approximate surface area is 170 Å². The Hall–Kier alpha value is -2.71. The number of benzene rings is 2. The maximum Gasteiger partial charge on any atom is 0.338 e. The topological polar surface area (TPSA) is 90.0 Å². The molecular weight excluding hydrogens is 394 g/mol. The second-order valence-corrected chi connectivity index (χ2v) is 8.69. The zero-order chi connectivity index (χ0) is 20.9. The van der Waals surface area contributed by atoms with Gasteiger partial charge in [0.25, 0.3) is 0 Å². The van der Waals surface area contributed by atoms with Crippen LogP contribution in [-0.2, 0) is 26.1 Å². The average molecular weight is 417 g/mol. The number of sulfonamides is 1. The fraction of sp³-hybridized carbons (Fsp3) is 0.333. The highest BCUT2D eigenvalue weighted by atomic mass is 32.2. The lowest BCUT2D eigenvalue weighted by Gasteiger charge is -2.25. The van der Waals surface area contributed by atoms with Crippen LogP contribution in [0.15, 0.2) is 53.4 Å². The van der Waals surface area contributed by atoms with Crippen molar-refractivity contribution in [3.05, 3.63) is 65.2 Å². The summed E-state index contributed by atoms with van der Waals surface area (Å²) in [4.78, 5) is 23.8. The van der Waals surface area contributed by atoms with E-state index < -0.39 is 22.0 Å². The Bertz CT molecular complexity index is 961. The summed E-state index contributed by atoms with van der Waals surface area (Å²) in [5.41, 5.74) is 1.40. The molecule has 1 heterocycles.